The highest BCUT2D eigenvalue weighted by Gasteiger charge is 2.31. The number of benzene rings is 1. The Labute approximate surface area is 136 Å². The van der Waals surface area contributed by atoms with Gasteiger partial charge in [-0.1, -0.05) is 12.1 Å². The number of piperazine rings is 1. The molecule has 1 saturated heterocycles. The molecule has 0 radical (unpaired) electrons. The maximum absolute atomic E-state index is 12.3. The lowest BCUT2D eigenvalue weighted by molar-refractivity contribution is -0.274. The van der Waals surface area contributed by atoms with Crippen LogP contribution in [0.5, 0.6) is 5.75 Å². The summed E-state index contributed by atoms with van der Waals surface area (Å²) in [4.78, 5) is 8.74. The molecule has 0 bridgehead atoms. The molecule has 0 amide bonds. The van der Waals surface area contributed by atoms with Gasteiger partial charge in [-0.05, 0) is 17.7 Å². The van der Waals surface area contributed by atoms with E-state index in [1.165, 1.54) is 12.1 Å². The van der Waals surface area contributed by atoms with Gasteiger partial charge >= 0.3 is 6.36 Å². The molecule has 0 aliphatic carbocycles. The maximum Gasteiger partial charge on any atom is 0.573 e. The summed E-state index contributed by atoms with van der Waals surface area (Å²) in [5, 5.41) is 2.97. The zero-order valence-corrected chi connectivity index (χ0v) is 13.1. The number of aromatic nitrogens is 1. The third-order valence-electron chi connectivity index (χ3n) is 3.60. The zero-order valence-electron chi connectivity index (χ0n) is 12.3. The number of hydrogen-bond acceptors (Lipinski definition) is 5. The summed E-state index contributed by atoms with van der Waals surface area (Å²) in [7, 11) is 0. The highest BCUT2D eigenvalue weighted by molar-refractivity contribution is 7.13. The summed E-state index contributed by atoms with van der Waals surface area (Å²) >= 11 is 1.62. The van der Waals surface area contributed by atoms with E-state index in [1.807, 2.05) is 11.4 Å². The lowest BCUT2D eigenvalue weighted by Gasteiger charge is -2.34. The average Bonchev–Trinajstić information content (AvgIpc) is 3.01. The monoisotopic (exact) mass is 343 g/mol. The molecule has 1 aliphatic heterocycles. The van der Waals surface area contributed by atoms with Crippen LogP contribution in [0.1, 0.15) is 5.56 Å². The molecule has 3 rings (SSSR count). The van der Waals surface area contributed by atoms with Crippen molar-refractivity contribution in [1.29, 1.82) is 0 Å². The van der Waals surface area contributed by atoms with Crippen LogP contribution < -0.4 is 9.64 Å². The molecule has 2 aromatic rings. The van der Waals surface area contributed by atoms with Gasteiger partial charge in [0.25, 0.3) is 0 Å². The minimum Gasteiger partial charge on any atom is -0.406 e. The molecule has 0 saturated carbocycles. The van der Waals surface area contributed by atoms with Crippen LogP contribution in [-0.2, 0) is 6.54 Å². The molecule has 0 atom stereocenters. The Morgan fingerprint density at radius 1 is 1.17 bits per heavy atom. The number of nitrogens with zero attached hydrogens (tertiary/aromatic N) is 3. The first-order valence-electron chi connectivity index (χ1n) is 7.21. The highest BCUT2D eigenvalue weighted by atomic mass is 32.1. The van der Waals surface area contributed by atoms with Crippen LogP contribution in [0.3, 0.4) is 0 Å². The van der Waals surface area contributed by atoms with Gasteiger partial charge in [0.2, 0.25) is 0 Å². The van der Waals surface area contributed by atoms with Crippen molar-refractivity contribution in [2.75, 3.05) is 31.1 Å². The fourth-order valence-electron chi connectivity index (χ4n) is 2.57. The third-order valence-corrected chi connectivity index (χ3v) is 4.43. The van der Waals surface area contributed by atoms with Crippen molar-refractivity contribution in [1.82, 2.24) is 9.88 Å². The molecule has 0 unspecified atom stereocenters. The Bertz CT molecular complexity index is 625. The summed E-state index contributed by atoms with van der Waals surface area (Å²) in [6.07, 6.45) is -2.86. The molecule has 1 aromatic heterocycles. The molecular weight excluding hydrogens is 327 g/mol. The lowest BCUT2D eigenvalue weighted by Crippen LogP contribution is -2.45. The second-order valence-electron chi connectivity index (χ2n) is 5.27. The second-order valence-corrected chi connectivity index (χ2v) is 6.15. The minimum absolute atomic E-state index is 0.170. The Morgan fingerprint density at radius 2 is 1.96 bits per heavy atom. The van der Waals surface area contributed by atoms with Crippen molar-refractivity contribution >= 4 is 16.5 Å². The van der Waals surface area contributed by atoms with Gasteiger partial charge in [0.1, 0.15) is 5.75 Å². The van der Waals surface area contributed by atoms with Gasteiger partial charge < -0.3 is 9.64 Å². The highest BCUT2D eigenvalue weighted by Crippen LogP contribution is 2.24. The Morgan fingerprint density at radius 3 is 2.61 bits per heavy atom. The fourth-order valence-corrected chi connectivity index (χ4v) is 3.27. The van der Waals surface area contributed by atoms with Gasteiger partial charge in [0.05, 0.1) is 0 Å². The van der Waals surface area contributed by atoms with Gasteiger partial charge in [0, 0.05) is 44.3 Å². The first-order valence-corrected chi connectivity index (χ1v) is 8.09. The molecule has 1 aliphatic rings. The van der Waals surface area contributed by atoms with Crippen LogP contribution in [0, 0.1) is 0 Å². The van der Waals surface area contributed by atoms with E-state index in [0.717, 1.165) is 36.9 Å². The van der Waals surface area contributed by atoms with Crippen molar-refractivity contribution in [2.45, 2.75) is 12.9 Å². The van der Waals surface area contributed by atoms with Crippen molar-refractivity contribution in [3.8, 4) is 5.75 Å². The number of halogens is 3. The fraction of sp³-hybridized carbons (Fsp3) is 0.400. The molecule has 23 heavy (non-hydrogen) atoms. The van der Waals surface area contributed by atoms with E-state index in [2.05, 4.69) is 19.5 Å². The normalized spacial score (nSPS) is 16.6. The largest absolute Gasteiger partial charge is 0.573 e. The Balaban J connectivity index is 1.55. The van der Waals surface area contributed by atoms with Crippen LogP contribution in [0.2, 0.25) is 0 Å². The summed E-state index contributed by atoms with van der Waals surface area (Å²) in [5.41, 5.74) is 0.814. The van der Waals surface area contributed by atoms with Crippen LogP contribution in [0.4, 0.5) is 18.3 Å². The molecule has 1 fully saturated rings. The van der Waals surface area contributed by atoms with Gasteiger partial charge in [-0.2, -0.15) is 0 Å². The summed E-state index contributed by atoms with van der Waals surface area (Å²) in [6, 6.07) is 6.16. The van der Waals surface area contributed by atoms with Crippen LogP contribution in [0.25, 0.3) is 0 Å². The average molecular weight is 343 g/mol. The smallest absolute Gasteiger partial charge is 0.406 e. The molecule has 2 heterocycles. The van der Waals surface area contributed by atoms with E-state index in [0.29, 0.717) is 6.54 Å². The first kappa shape index (κ1) is 16.1. The second kappa shape index (κ2) is 6.76. The maximum atomic E-state index is 12.3. The Kier molecular flexibility index (Phi) is 4.72. The van der Waals surface area contributed by atoms with Gasteiger partial charge in [-0.25, -0.2) is 4.98 Å². The predicted octanol–water partition coefficient (Wildman–Crippen LogP) is 3.36. The third kappa shape index (κ3) is 4.59. The molecule has 0 N–H and O–H groups in total. The molecular formula is C15H16F3N3OS. The van der Waals surface area contributed by atoms with Gasteiger partial charge in [-0.15, -0.1) is 24.5 Å². The van der Waals surface area contributed by atoms with E-state index in [-0.39, 0.29) is 5.75 Å². The van der Waals surface area contributed by atoms with E-state index in [1.54, 1.807) is 23.6 Å². The minimum atomic E-state index is -4.65. The van der Waals surface area contributed by atoms with Crippen LogP contribution >= 0.6 is 11.3 Å². The predicted molar refractivity (Wildman–Crippen MR) is 82.7 cm³/mol. The number of rotatable bonds is 4. The SMILES string of the molecule is FC(F)(F)Oc1cccc(CN2CCN(c3nccs3)CC2)c1. The first-order chi connectivity index (χ1) is 11.0. The number of anilines is 1. The van der Waals surface area contributed by atoms with E-state index < -0.39 is 6.36 Å². The number of ether oxygens (including phenoxy) is 1. The van der Waals surface area contributed by atoms with E-state index in [4.69, 9.17) is 0 Å². The molecule has 124 valence electrons. The van der Waals surface area contributed by atoms with Crippen molar-refractivity contribution in [3.63, 3.8) is 0 Å². The summed E-state index contributed by atoms with van der Waals surface area (Å²) < 4.78 is 40.8. The van der Waals surface area contributed by atoms with Crippen molar-refractivity contribution in [2.24, 2.45) is 0 Å². The number of hydrogen-bond donors (Lipinski definition) is 0. The van der Waals surface area contributed by atoms with E-state index >= 15 is 0 Å². The van der Waals surface area contributed by atoms with Crippen LogP contribution in [0.15, 0.2) is 35.8 Å². The lowest BCUT2D eigenvalue weighted by atomic mass is 10.2. The number of alkyl halides is 3. The van der Waals surface area contributed by atoms with E-state index in [9.17, 15) is 13.2 Å². The van der Waals surface area contributed by atoms with Gasteiger partial charge in [0.15, 0.2) is 5.13 Å². The van der Waals surface area contributed by atoms with Gasteiger partial charge in [-0.3, -0.25) is 4.90 Å². The summed E-state index contributed by atoms with van der Waals surface area (Å²) in [6.45, 7) is 4.05. The van der Waals surface area contributed by atoms with Crippen LogP contribution in [-0.4, -0.2) is 42.4 Å². The van der Waals surface area contributed by atoms with Crippen molar-refractivity contribution < 1.29 is 17.9 Å². The molecule has 0 spiro atoms. The number of thiazole rings is 1. The Hall–Kier alpha value is -1.80. The molecule has 8 heteroatoms. The standard InChI is InChI=1S/C15H16F3N3OS/c16-15(17,18)22-13-3-1-2-12(10-13)11-20-5-7-21(8-6-20)14-19-4-9-23-14/h1-4,9-10H,5-8,11H2. The van der Waals surface area contributed by atoms with Crippen molar-refractivity contribution in [3.05, 3.63) is 41.4 Å². The molecule has 1 aromatic carbocycles. The molecule has 4 nitrogen and oxygen atoms in total. The summed E-state index contributed by atoms with van der Waals surface area (Å²) in [5.74, 6) is -0.170. The zero-order chi connectivity index (χ0) is 16.3. The quantitative estimate of drug-likeness (QED) is 0.851. The topological polar surface area (TPSA) is 28.6 Å².